The molecule has 0 radical (unpaired) electrons. The summed E-state index contributed by atoms with van der Waals surface area (Å²) in [5, 5.41) is 0. The van der Waals surface area contributed by atoms with Crippen molar-refractivity contribution in [3.05, 3.63) is 12.4 Å². The van der Waals surface area contributed by atoms with Crippen molar-refractivity contribution in [2.45, 2.75) is 13.0 Å². The molecule has 0 saturated carbocycles. The molecule has 1 heterocycles. The minimum Gasteiger partial charge on any atom is -0.369 e. The quantitative estimate of drug-likeness (QED) is 0.680. The van der Waals surface area contributed by atoms with Crippen LogP contribution in [0.3, 0.4) is 0 Å². The summed E-state index contributed by atoms with van der Waals surface area (Å²) in [6, 6.07) is 0. The van der Waals surface area contributed by atoms with Crippen LogP contribution >= 0.6 is 0 Å². The van der Waals surface area contributed by atoms with Gasteiger partial charge < -0.3 is 10.3 Å². The van der Waals surface area contributed by atoms with Gasteiger partial charge in [-0.3, -0.25) is 4.39 Å². The van der Waals surface area contributed by atoms with Gasteiger partial charge in [0.25, 0.3) is 0 Å². The number of alkyl halides is 1. The van der Waals surface area contributed by atoms with Crippen molar-refractivity contribution in [3.8, 4) is 0 Å². The lowest BCUT2D eigenvalue weighted by Crippen LogP contribution is -2.02. The molecular weight excluding hydrogens is 133 g/mol. The summed E-state index contributed by atoms with van der Waals surface area (Å²) < 4.78 is 13.4. The van der Waals surface area contributed by atoms with Gasteiger partial charge >= 0.3 is 0 Å². The minimum atomic E-state index is -0.308. The third-order valence-electron chi connectivity index (χ3n) is 1.28. The molecule has 0 saturated heterocycles. The molecule has 10 heavy (non-hydrogen) atoms. The van der Waals surface area contributed by atoms with E-state index in [1.54, 1.807) is 17.0 Å². The minimum absolute atomic E-state index is 0.308. The highest BCUT2D eigenvalue weighted by Gasteiger charge is 1.94. The average molecular weight is 143 g/mol. The van der Waals surface area contributed by atoms with Crippen molar-refractivity contribution in [2.24, 2.45) is 0 Å². The van der Waals surface area contributed by atoms with Gasteiger partial charge in [0, 0.05) is 18.9 Å². The number of aryl methyl sites for hydroxylation is 1. The van der Waals surface area contributed by atoms with Crippen molar-refractivity contribution >= 4 is 5.95 Å². The molecule has 0 amide bonds. The predicted octanol–water partition coefficient (Wildman–Crippen LogP) is 0.825. The summed E-state index contributed by atoms with van der Waals surface area (Å²) >= 11 is 0. The summed E-state index contributed by atoms with van der Waals surface area (Å²) in [5.41, 5.74) is 5.41. The fourth-order valence-electron chi connectivity index (χ4n) is 0.760. The molecule has 3 nitrogen and oxygen atoms in total. The zero-order valence-electron chi connectivity index (χ0n) is 5.63. The van der Waals surface area contributed by atoms with Crippen LogP contribution in [0.4, 0.5) is 10.3 Å². The Balaban J connectivity index is 2.49. The number of hydrogen-bond donors (Lipinski definition) is 1. The molecule has 0 fully saturated rings. The van der Waals surface area contributed by atoms with E-state index in [2.05, 4.69) is 4.98 Å². The Kier molecular flexibility index (Phi) is 2.25. The number of anilines is 1. The Labute approximate surface area is 58.7 Å². The fourth-order valence-corrected chi connectivity index (χ4v) is 0.760. The number of hydrogen-bond acceptors (Lipinski definition) is 2. The Morgan fingerprint density at radius 3 is 3.00 bits per heavy atom. The monoisotopic (exact) mass is 143 g/mol. The highest BCUT2D eigenvalue weighted by Crippen LogP contribution is 1.99. The standard InChI is InChI=1S/C6H10FN3/c7-2-1-4-10-5-3-9-6(10)8/h3,5H,1-2,4H2,(H2,8,9). The highest BCUT2D eigenvalue weighted by molar-refractivity contribution is 5.16. The van der Waals surface area contributed by atoms with Crippen LogP contribution in [0.25, 0.3) is 0 Å². The molecule has 4 heteroatoms. The number of nitrogen functional groups attached to an aromatic ring is 1. The fraction of sp³-hybridized carbons (Fsp3) is 0.500. The summed E-state index contributed by atoms with van der Waals surface area (Å²) in [6.45, 7) is 0.306. The van der Waals surface area contributed by atoms with Crippen LogP contribution in [0.15, 0.2) is 12.4 Å². The van der Waals surface area contributed by atoms with Gasteiger partial charge in [-0.2, -0.15) is 0 Å². The second-order valence-electron chi connectivity index (χ2n) is 2.02. The summed E-state index contributed by atoms with van der Waals surface area (Å²) in [6.07, 6.45) is 3.85. The number of imidazole rings is 1. The van der Waals surface area contributed by atoms with Gasteiger partial charge in [0.05, 0.1) is 6.67 Å². The SMILES string of the molecule is Nc1nccn1CCCF. The predicted molar refractivity (Wildman–Crippen MR) is 37.2 cm³/mol. The maximum absolute atomic E-state index is 11.6. The molecule has 0 unspecified atom stereocenters. The Bertz CT molecular complexity index is 197. The molecule has 0 bridgehead atoms. The molecular formula is C6H10FN3. The van der Waals surface area contributed by atoms with Gasteiger partial charge in [0.15, 0.2) is 5.95 Å². The molecule has 0 aromatic carbocycles. The van der Waals surface area contributed by atoms with Crippen LogP contribution in [0, 0.1) is 0 Å². The number of nitrogens with zero attached hydrogens (tertiary/aromatic N) is 2. The molecule has 0 aliphatic rings. The summed E-state index contributed by atoms with van der Waals surface area (Å²) in [7, 11) is 0. The zero-order chi connectivity index (χ0) is 7.40. The van der Waals surface area contributed by atoms with E-state index in [-0.39, 0.29) is 6.67 Å². The van der Waals surface area contributed by atoms with E-state index >= 15 is 0 Å². The van der Waals surface area contributed by atoms with E-state index in [0.717, 1.165) is 0 Å². The average Bonchev–Trinajstić information content (AvgIpc) is 2.31. The lowest BCUT2D eigenvalue weighted by molar-refractivity contribution is 0.448. The van der Waals surface area contributed by atoms with Gasteiger partial charge in [-0.05, 0) is 6.42 Å². The van der Waals surface area contributed by atoms with Crippen LogP contribution in [0.1, 0.15) is 6.42 Å². The van der Waals surface area contributed by atoms with Crippen LogP contribution < -0.4 is 5.73 Å². The lowest BCUT2D eigenvalue weighted by Gasteiger charge is -1.99. The second-order valence-corrected chi connectivity index (χ2v) is 2.02. The Morgan fingerprint density at radius 1 is 1.70 bits per heavy atom. The topological polar surface area (TPSA) is 43.8 Å². The van der Waals surface area contributed by atoms with E-state index in [9.17, 15) is 4.39 Å². The molecule has 56 valence electrons. The van der Waals surface area contributed by atoms with Crippen LogP contribution in [-0.2, 0) is 6.54 Å². The van der Waals surface area contributed by atoms with Gasteiger partial charge in [0.2, 0.25) is 0 Å². The Morgan fingerprint density at radius 2 is 2.50 bits per heavy atom. The molecule has 0 atom stereocenters. The first-order valence-corrected chi connectivity index (χ1v) is 3.17. The lowest BCUT2D eigenvalue weighted by atomic mass is 10.5. The van der Waals surface area contributed by atoms with Crippen molar-refractivity contribution < 1.29 is 4.39 Å². The van der Waals surface area contributed by atoms with Gasteiger partial charge in [-0.15, -0.1) is 0 Å². The Hall–Kier alpha value is -1.06. The number of nitrogens with two attached hydrogens (primary N) is 1. The summed E-state index contributed by atoms with van der Waals surface area (Å²) in [5.74, 6) is 0.452. The highest BCUT2D eigenvalue weighted by atomic mass is 19.1. The van der Waals surface area contributed by atoms with Gasteiger partial charge in [-0.1, -0.05) is 0 Å². The van der Waals surface area contributed by atoms with E-state index in [1.807, 2.05) is 0 Å². The smallest absolute Gasteiger partial charge is 0.200 e. The molecule has 1 aromatic heterocycles. The molecule has 0 aliphatic carbocycles. The first kappa shape index (κ1) is 7.05. The van der Waals surface area contributed by atoms with Crippen molar-refractivity contribution in [2.75, 3.05) is 12.4 Å². The van der Waals surface area contributed by atoms with Crippen LogP contribution in [0.5, 0.6) is 0 Å². The molecule has 1 rings (SSSR count). The van der Waals surface area contributed by atoms with Gasteiger partial charge in [0.1, 0.15) is 0 Å². The number of halogens is 1. The van der Waals surface area contributed by atoms with Crippen molar-refractivity contribution in [3.63, 3.8) is 0 Å². The van der Waals surface area contributed by atoms with Crippen LogP contribution in [0.2, 0.25) is 0 Å². The largest absolute Gasteiger partial charge is 0.369 e. The zero-order valence-corrected chi connectivity index (χ0v) is 5.63. The van der Waals surface area contributed by atoms with Crippen LogP contribution in [-0.4, -0.2) is 16.2 Å². The van der Waals surface area contributed by atoms with Gasteiger partial charge in [-0.25, -0.2) is 4.98 Å². The number of rotatable bonds is 3. The maximum atomic E-state index is 11.6. The van der Waals surface area contributed by atoms with Crippen molar-refractivity contribution in [1.82, 2.24) is 9.55 Å². The van der Waals surface area contributed by atoms with E-state index in [4.69, 9.17) is 5.73 Å². The third kappa shape index (κ3) is 1.46. The molecule has 1 aromatic rings. The van der Waals surface area contributed by atoms with Crippen molar-refractivity contribution in [1.29, 1.82) is 0 Å². The number of aromatic nitrogens is 2. The first-order valence-electron chi connectivity index (χ1n) is 3.17. The first-order chi connectivity index (χ1) is 4.84. The van der Waals surface area contributed by atoms with E-state index in [1.165, 1.54) is 0 Å². The second kappa shape index (κ2) is 3.20. The molecule has 0 spiro atoms. The maximum Gasteiger partial charge on any atom is 0.200 e. The molecule has 2 N–H and O–H groups in total. The third-order valence-corrected chi connectivity index (χ3v) is 1.28. The molecule has 0 aliphatic heterocycles. The van der Waals surface area contributed by atoms with E-state index < -0.39 is 0 Å². The van der Waals surface area contributed by atoms with E-state index in [0.29, 0.717) is 18.9 Å². The normalized spacial score (nSPS) is 10.1. The summed E-state index contributed by atoms with van der Waals surface area (Å²) in [4.78, 5) is 3.79.